The lowest BCUT2D eigenvalue weighted by molar-refractivity contribution is 0.412. The molecule has 2 N–H and O–H groups in total. The normalized spacial score (nSPS) is 8.54. The van der Waals surface area contributed by atoms with Crippen molar-refractivity contribution in [2.45, 2.75) is 6.92 Å². The lowest BCUT2D eigenvalue weighted by atomic mass is 10.2. The van der Waals surface area contributed by atoms with Gasteiger partial charge in [-0.2, -0.15) is 0 Å². The molecule has 72 valence electrons. The molecule has 0 heterocycles. The Morgan fingerprint density at radius 2 is 1.92 bits per heavy atom. The largest absolute Gasteiger partial charge is 0.496 e. The van der Waals surface area contributed by atoms with Crippen LogP contribution in [0.2, 0.25) is 5.02 Å². The molecule has 0 spiro atoms. The van der Waals surface area contributed by atoms with Gasteiger partial charge in [-0.3, -0.25) is 0 Å². The van der Waals surface area contributed by atoms with Crippen LogP contribution in [0.3, 0.4) is 0 Å². The number of benzene rings is 1. The molecule has 2 nitrogen and oxygen atoms in total. The molecule has 0 saturated carbocycles. The molecule has 0 aliphatic heterocycles. The molecular weight excluding hydrogens is 186 g/mol. The zero-order valence-corrected chi connectivity index (χ0v) is 8.69. The van der Waals surface area contributed by atoms with Crippen LogP contribution in [0, 0.1) is 6.92 Å². The molecule has 3 heteroatoms. The van der Waals surface area contributed by atoms with E-state index in [9.17, 15) is 0 Å². The molecule has 0 aliphatic rings. The fraction of sp³-hybridized carbons (Fsp3) is 0.200. The van der Waals surface area contributed by atoms with Crippen molar-refractivity contribution in [1.29, 1.82) is 0 Å². The first kappa shape index (κ1) is 11.8. The average molecular weight is 200 g/mol. The van der Waals surface area contributed by atoms with Crippen LogP contribution in [-0.2, 0) is 0 Å². The van der Waals surface area contributed by atoms with Crippen molar-refractivity contribution in [2.75, 3.05) is 12.8 Å². The third-order valence-corrected chi connectivity index (χ3v) is 1.84. The van der Waals surface area contributed by atoms with Crippen LogP contribution in [-0.4, -0.2) is 7.11 Å². The van der Waals surface area contributed by atoms with Crippen LogP contribution in [0.25, 0.3) is 0 Å². The van der Waals surface area contributed by atoms with Crippen LogP contribution in [0.15, 0.2) is 25.3 Å². The fourth-order valence-corrected chi connectivity index (χ4v) is 1.11. The Morgan fingerprint density at radius 1 is 1.38 bits per heavy atom. The Labute approximate surface area is 84.0 Å². The van der Waals surface area contributed by atoms with Gasteiger partial charge in [0.25, 0.3) is 0 Å². The molecule has 1 aromatic carbocycles. The molecule has 0 saturated heterocycles. The van der Waals surface area contributed by atoms with Gasteiger partial charge in [-0.25, -0.2) is 0 Å². The Hall–Kier alpha value is -1.15. The molecular formula is C10H14ClNO. The van der Waals surface area contributed by atoms with Crippen LogP contribution in [0.1, 0.15) is 5.56 Å². The van der Waals surface area contributed by atoms with Gasteiger partial charge in [-0.05, 0) is 18.6 Å². The number of halogens is 1. The molecule has 0 atom stereocenters. The molecule has 0 bridgehead atoms. The highest BCUT2D eigenvalue weighted by atomic mass is 35.5. The van der Waals surface area contributed by atoms with E-state index in [2.05, 4.69) is 13.2 Å². The predicted molar refractivity (Wildman–Crippen MR) is 58.4 cm³/mol. The average Bonchev–Trinajstić information content (AvgIpc) is 2.15. The summed E-state index contributed by atoms with van der Waals surface area (Å²) >= 11 is 5.76. The summed E-state index contributed by atoms with van der Waals surface area (Å²) in [6.07, 6.45) is 0. The summed E-state index contributed by atoms with van der Waals surface area (Å²) < 4.78 is 5.04. The maximum Gasteiger partial charge on any atom is 0.123 e. The first-order valence-corrected chi connectivity index (χ1v) is 4.12. The second-order valence-electron chi connectivity index (χ2n) is 2.34. The first-order chi connectivity index (χ1) is 6.15. The van der Waals surface area contributed by atoms with E-state index in [-0.39, 0.29) is 0 Å². The minimum atomic E-state index is 0.550. The van der Waals surface area contributed by atoms with E-state index in [4.69, 9.17) is 22.1 Å². The molecule has 0 radical (unpaired) electrons. The smallest absolute Gasteiger partial charge is 0.123 e. The Kier molecular flexibility index (Phi) is 5.00. The molecule has 0 fully saturated rings. The summed E-state index contributed by atoms with van der Waals surface area (Å²) in [6.45, 7) is 7.92. The summed E-state index contributed by atoms with van der Waals surface area (Å²) in [5.41, 5.74) is 7.10. The van der Waals surface area contributed by atoms with E-state index in [1.54, 1.807) is 19.2 Å². The molecule has 1 aromatic rings. The molecule has 0 amide bonds. The van der Waals surface area contributed by atoms with Crippen LogP contribution in [0.4, 0.5) is 5.69 Å². The summed E-state index contributed by atoms with van der Waals surface area (Å²) in [5.74, 6) is 0.770. The second kappa shape index (κ2) is 5.49. The maximum atomic E-state index is 5.76. The molecule has 1 rings (SSSR count). The van der Waals surface area contributed by atoms with Crippen molar-refractivity contribution >= 4 is 17.3 Å². The van der Waals surface area contributed by atoms with E-state index >= 15 is 0 Å². The van der Waals surface area contributed by atoms with Crippen molar-refractivity contribution < 1.29 is 4.74 Å². The summed E-state index contributed by atoms with van der Waals surface area (Å²) in [5, 5.41) is 0.573. The first-order valence-electron chi connectivity index (χ1n) is 3.74. The number of methoxy groups -OCH3 is 1. The maximum absolute atomic E-state index is 5.76. The van der Waals surface area contributed by atoms with E-state index in [1.807, 2.05) is 6.92 Å². The summed E-state index contributed by atoms with van der Waals surface area (Å²) in [7, 11) is 1.61. The van der Waals surface area contributed by atoms with Crippen LogP contribution >= 0.6 is 11.6 Å². The molecule has 0 aromatic heterocycles. The number of aryl methyl sites for hydroxylation is 1. The van der Waals surface area contributed by atoms with Crippen molar-refractivity contribution in [3.63, 3.8) is 0 Å². The van der Waals surface area contributed by atoms with E-state index in [1.165, 1.54) is 0 Å². The minimum absolute atomic E-state index is 0.550. The third kappa shape index (κ3) is 2.99. The molecule has 13 heavy (non-hydrogen) atoms. The summed E-state index contributed by atoms with van der Waals surface area (Å²) in [4.78, 5) is 0. The number of ether oxygens (including phenoxy) is 1. The number of hydrogen-bond donors (Lipinski definition) is 1. The lowest BCUT2D eigenvalue weighted by Crippen LogP contribution is -1.91. The minimum Gasteiger partial charge on any atom is -0.496 e. The quantitative estimate of drug-likeness (QED) is 0.558. The zero-order valence-electron chi connectivity index (χ0n) is 7.93. The van der Waals surface area contributed by atoms with E-state index in [0.717, 1.165) is 11.3 Å². The molecule has 0 unspecified atom stereocenters. The number of hydrogen-bond acceptors (Lipinski definition) is 2. The van der Waals surface area contributed by atoms with Gasteiger partial charge in [0.15, 0.2) is 0 Å². The lowest BCUT2D eigenvalue weighted by Gasteiger charge is -2.06. The number of anilines is 1. The number of nitrogens with two attached hydrogens (primary N) is 1. The van der Waals surface area contributed by atoms with Crippen LogP contribution < -0.4 is 10.5 Å². The van der Waals surface area contributed by atoms with Crippen molar-refractivity contribution in [3.8, 4) is 5.75 Å². The van der Waals surface area contributed by atoms with Crippen molar-refractivity contribution in [1.82, 2.24) is 0 Å². The highest BCUT2D eigenvalue weighted by molar-refractivity contribution is 6.33. The Bertz CT molecular complexity index is 286. The Morgan fingerprint density at radius 3 is 2.38 bits per heavy atom. The predicted octanol–water partition coefficient (Wildman–Crippen LogP) is 3.04. The van der Waals surface area contributed by atoms with Crippen LogP contribution in [0.5, 0.6) is 5.75 Å². The van der Waals surface area contributed by atoms with Gasteiger partial charge < -0.3 is 10.5 Å². The SMILES string of the molecule is C=C.COc1cc(N)c(Cl)cc1C. The van der Waals surface area contributed by atoms with Gasteiger partial charge in [-0.1, -0.05) is 11.6 Å². The highest BCUT2D eigenvalue weighted by Gasteiger charge is 2.01. The van der Waals surface area contributed by atoms with Gasteiger partial charge >= 0.3 is 0 Å². The standard InChI is InChI=1S/C8H10ClNO.C2H4/c1-5-3-6(9)7(10)4-8(5)11-2;1-2/h3-4H,10H2,1-2H3;1-2H2. The van der Waals surface area contributed by atoms with Gasteiger partial charge in [0.05, 0.1) is 17.8 Å². The van der Waals surface area contributed by atoms with Gasteiger partial charge in [0.1, 0.15) is 5.75 Å². The topological polar surface area (TPSA) is 35.2 Å². The van der Waals surface area contributed by atoms with Crippen molar-refractivity contribution in [3.05, 3.63) is 35.9 Å². The van der Waals surface area contributed by atoms with E-state index in [0.29, 0.717) is 10.7 Å². The number of nitrogen functional groups attached to an aromatic ring is 1. The van der Waals surface area contributed by atoms with Crippen molar-refractivity contribution in [2.24, 2.45) is 0 Å². The monoisotopic (exact) mass is 199 g/mol. The summed E-state index contributed by atoms with van der Waals surface area (Å²) in [6, 6.07) is 3.51. The zero-order chi connectivity index (χ0) is 10.4. The number of rotatable bonds is 1. The van der Waals surface area contributed by atoms with E-state index < -0.39 is 0 Å². The third-order valence-electron chi connectivity index (χ3n) is 1.51. The highest BCUT2D eigenvalue weighted by Crippen LogP contribution is 2.27. The second-order valence-corrected chi connectivity index (χ2v) is 2.75. The fourth-order valence-electron chi connectivity index (χ4n) is 0.888. The van der Waals surface area contributed by atoms with Gasteiger partial charge in [0.2, 0.25) is 0 Å². The van der Waals surface area contributed by atoms with Gasteiger partial charge in [-0.15, -0.1) is 13.2 Å². The molecule has 0 aliphatic carbocycles. The van der Waals surface area contributed by atoms with Gasteiger partial charge in [0, 0.05) is 6.07 Å². The Balaban J connectivity index is 0.000000671.